The highest BCUT2D eigenvalue weighted by Crippen LogP contribution is 2.09. The first-order valence-corrected chi connectivity index (χ1v) is 5.16. The molecule has 1 radical (unpaired) electrons. The first-order chi connectivity index (χ1) is 6.27. The predicted octanol–water partition coefficient (Wildman–Crippen LogP) is 1.40. The first-order valence-electron chi connectivity index (χ1n) is 5.16. The van der Waals surface area contributed by atoms with Crippen molar-refractivity contribution in [3.8, 4) is 0 Å². The van der Waals surface area contributed by atoms with Crippen molar-refractivity contribution in [2.75, 3.05) is 33.2 Å². The molecule has 1 heterocycles. The third-order valence-electron chi connectivity index (χ3n) is 2.78. The third-order valence-corrected chi connectivity index (χ3v) is 2.78. The van der Waals surface area contributed by atoms with Crippen molar-refractivity contribution in [3.05, 3.63) is 19.1 Å². The summed E-state index contributed by atoms with van der Waals surface area (Å²) in [6.45, 7) is 10.8. The maximum atomic E-state index is 3.77. The van der Waals surface area contributed by atoms with E-state index in [2.05, 4.69) is 36.8 Å². The van der Waals surface area contributed by atoms with Crippen molar-refractivity contribution in [1.29, 1.82) is 0 Å². The summed E-state index contributed by atoms with van der Waals surface area (Å²) in [6, 6.07) is 0.603. The van der Waals surface area contributed by atoms with Crippen LogP contribution in [0.1, 0.15) is 13.3 Å². The Balaban J connectivity index is 2.41. The first kappa shape index (κ1) is 10.7. The van der Waals surface area contributed by atoms with Gasteiger partial charge in [-0.1, -0.05) is 19.1 Å². The van der Waals surface area contributed by atoms with Crippen molar-refractivity contribution in [3.63, 3.8) is 0 Å². The van der Waals surface area contributed by atoms with E-state index >= 15 is 0 Å². The van der Waals surface area contributed by atoms with Gasteiger partial charge in [-0.2, -0.15) is 0 Å². The lowest BCUT2D eigenvalue weighted by Crippen LogP contribution is -2.48. The lowest BCUT2D eigenvalue weighted by molar-refractivity contribution is 0.128. The highest BCUT2D eigenvalue weighted by Gasteiger charge is 2.18. The van der Waals surface area contributed by atoms with Crippen LogP contribution in [0.15, 0.2) is 12.2 Å². The molecule has 1 atom stereocenters. The average Bonchev–Trinajstić information content (AvgIpc) is 2.16. The zero-order valence-corrected chi connectivity index (χ0v) is 8.87. The largest absolute Gasteiger partial charge is 0.304 e. The van der Waals surface area contributed by atoms with Crippen LogP contribution in [0.25, 0.3) is 0 Å². The standard InChI is InChI=1S/C11H21N2/c1-4-6-11(5-2)13-9-7-12(3)8-10-13/h4,6,11H,1,5,7-10H2,2-3H3. The molecule has 2 heteroatoms. The quantitative estimate of drug-likeness (QED) is 0.649. The number of hydrogen-bond donors (Lipinski definition) is 0. The molecule has 75 valence electrons. The molecule has 0 aromatic carbocycles. The normalized spacial score (nSPS) is 23.9. The summed E-state index contributed by atoms with van der Waals surface area (Å²) in [4.78, 5) is 4.93. The van der Waals surface area contributed by atoms with Crippen LogP contribution in [-0.4, -0.2) is 49.1 Å². The van der Waals surface area contributed by atoms with E-state index in [1.165, 1.54) is 32.6 Å². The zero-order chi connectivity index (χ0) is 9.68. The van der Waals surface area contributed by atoms with Crippen molar-refractivity contribution >= 4 is 0 Å². The minimum atomic E-state index is 0.603. The highest BCUT2D eigenvalue weighted by atomic mass is 15.3. The molecule has 1 saturated heterocycles. The van der Waals surface area contributed by atoms with E-state index in [9.17, 15) is 0 Å². The van der Waals surface area contributed by atoms with E-state index < -0.39 is 0 Å². The van der Waals surface area contributed by atoms with Gasteiger partial charge in [-0.25, -0.2) is 0 Å². The van der Waals surface area contributed by atoms with Gasteiger partial charge in [0.05, 0.1) is 0 Å². The average molecular weight is 181 g/mol. The van der Waals surface area contributed by atoms with Crippen LogP contribution in [0.2, 0.25) is 0 Å². The van der Waals surface area contributed by atoms with Gasteiger partial charge in [0.15, 0.2) is 0 Å². The second-order valence-corrected chi connectivity index (χ2v) is 3.74. The Labute approximate surface area is 82.2 Å². The second kappa shape index (κ2) is 5.40. The van der Waals surface area contributed by atoms with Crippen LogP contribution in [0, 0.1) is 6.92 Å². The second-order valence-electron chi connectivity index (χ2n) is 3.74. The van der Waals surface area contributed by atoms with E-state index in [-0.39, 0.29) is 0 Å². The molecule has 1 fully saturated rings. The van der Waals surface area contributed by atoms with Gasteiger partial charge in [0.1, 0.15) is 0 Å². The fraction of sp³-hybridized carbons (Fsp3) is 0.727. The number of rotatable bonds is 3. The maximum absolute atomic E-state index is 3.77. The molecule has 0 amide bonds. The fourth-order valence-electron chi connectivity index (χ4n) is 1.83. The van der Waals surface area contributed by atoms with Crippen LogP contribution >= 0.6 is 0 Å². The van der Waals surface area contributed by atoms with Gasteiger partial charge in [-0.15, -0.1) is 0 Å². The molecule has 0 spiro atoms. The van der Waals surface area contributed by atoms with Gasteiger partial charge < -0.3 is 4.90 Å². The molecule has 1 aliphatic heterocycles. The van der Waals surface area contributed by atoms with E-state index in [0.717, 1.165) is 0 Å². The Kier molecular flexibility index (Phi) is 4.46. The van der Waals surface area contributed by atoms with E-state index in [1.54, 1.807) is 0 Å². The Morgan fingerprint density at radius 2 is 1.92 bits per heavy atom. The fourth-order valence-corrected chi connectivity index (χ4v) is 1.83. The Bertz CT molecular complexity index is 157. The number of likely N-dealkylation sites (N-methyl/N-ethyl adjacent to an activating group) is 1. The van der Waals surface area contributed by atoms with Gasteiger partial charge in [0.25, 0.3) is 0 Å². The van der Waals surface area contributed by atoms with Crippen molar-refractivity contribution in [2.45, 2.75) is 19.4 Å². The molecule has 0 aromatic rings. The minimum absolute atomic E-state index is 0.603. The highest BCUT2D eigenvalue weighted by molar-refractivity contribution is 4.96. The maximum Gasteiger partial charge on any atom is 0.0276 e. The molecule has 13 heavy (non-hydrogen) atoms. The summed E-state index contributed by atoms with van der Waals surface area (Å²) in [6.07, 6.45) is 5.33. The van der Waals surface area contributed by atoms with Crippen LogP contribution in [-0.2, 0) is 0 Å². The van der Waals surface area contributed by atoms with E-state index in [1.807, 2.05) is 6.08 Å². The minimum Gasteiger partial charge on any atom is -0.304 e. The van der Waals surface area contributed by atoms with Crippen LogP contribution in [0.3, 0.4) is 0 Å². The molecule has 1 rings (SSSR count). The number of piperazine rings is 1. The van der Waals surface area contributed by atoms with E-state index in [4.69, 9.17) is 0 Å². The summed E-state index contributed by atoms with van der Waals surface area (Å²) in [5.74, 6) is 0. The molecular weight excluding hydrogens is 160 g/mol. The van der Waals surface area contributed by atoms with E-state index in [0.29, 0.717) is 6.04 Å². The number of nitrogens with zero attached hydrogens (tertiary/aromatic N) is 2. The Morgan fingerprint density at radius 3 is 2.38 bits per heavy atom. The molecule has 1 unspecified atom stereocenters. The smallest absolute Gasteiger partial charge is 0.0276 e. The van der Waals surface area contributed by atoms with Crippen molar-refractivity contribution < 1.29 is 0 Å². The third kappa shape index (κ3) is 3.12. The predicted molar refractivity (Wildman–Crippen MR) is 57.6 cm³/mol. The van der Waals surface area contributed by atoms with Gasteiger partial charge in [0, 0.05) is 32.2 Å². The zero-order valence-electron chi connectivity index (χ0n) is 8.87. The molecule has 0 N–H and O–H groups in total. The Hall–Kier alpha value is -0.340. The van der Waals surface area contributed by atoms with Gasteiger partial charge in [0.2, 0.25) is 0 Å². The molecule has 0 aliphatic carbocycles. The van der Waals surface area contributed by atoms with Crippen LogP contribution in [0.4, 0.5) is 0 Å². The summed E-state index contributed by atoms with van der Waals surface area (Å²) in [5.41, 5.74) is 0. The Morgan fingerprint density at radius 1 is 1.31 bits per heavy atom. The molecule has 2 nitrogen and oxygen atoms in total. The lowest BCUT2D eigenvalue weighted by atomic mass is 10.1. The molecular formula is C11H21N2. The topological polar surface area (TPSA) is 6.48 Å². The number of hydrogen-bond acceptors (Lipinski definition) is 2. The molecule has 0 bridgehead atoms. The SMILES string of the molecule is [CH2]C=CC(CC)N1CCN(C)CC1. The molecule has 0 saturated carbocycles. The lowest BCUT2D eigenvalue weighted by Gasteiger charge is -2.36. The summed E-state index contributed by atoms with van der Waals surface area (Å²) in [5, 5.41) is 0. The van der Waals surface area contributed by atoms with Crippen molar-refractivity contribution in [2.24, 2.45) is 0 Å². The number of allylic oxidation sites excluding steroid dienone is 1. The van der Waals surface area contributed by atoms with Gasteiger partial charge in [-0.05, 0) is 20.4 Å². The monoisotopic (exact) mass is 181 g/mol. The summed E-state index contributed by atoms with van der Waals surface area (Å²) >= 11 is 0. The van der Waals surface area contributed by atoms with Crippen LogP contribution in [0.5, 0.6) is 0 Å². The molecule has 0 aromatic heterocycles. The van der Waals surface area contributed by atoms with Crippen LogP contribution < -0.4 is 0 Å². The summed E-state index contributed by atoms with van der Waals surface area (Å²) in [7, 11) is 2.19. The summed E-state index contributed by atoms with van der Waals surface area (Å²) < 4.78 is 0. The molecule has 1 aliphatic rings. The van der Waals surface area contributed by atoms with Crippen molar-refractivity contribution in [1.82, 2.24) is 9.80 Å². The van der Waals surface area contributed by atoms with Gasteiger partial charge in [-0.3, -0.25) is 4.90 Å². The van der Waals surface area contributed by atoms with Gasteiger partial charge >= 0.3 is 0 Å².